The van der Waals surface area contributed by atoms with Gasteiger partial charge in [-0.15, -0.1) is 0 Å². The summed E-state index contributed by atoms with van der Waals surface area (Å²) in [7, 11) is 0. The smallest absolute Gasteiger partial charge is 0.0132 e. The Balaban J connectivity index is 1.36. The molecule has 2 heteroatoms. The van der Waals surface area contributed by atoms with Gasteiger partial charge in [0.05, 0.1) is 0 Å². The molecule has 2 aliphatic heterocycles. The molecule has 2 aromatic rings. The molecule has 2 nitrogen and oxygen atoms in total. The van der Waals surface area contributed by atoms with Gasteiger partial charge in [-0.05, 0) is 140 Å². The molecule has 4 rings (SSSR count). The summed E-state index contributed by atoms with van der Waals surface area (Å²) in [6.45, 7) is 18.9. The standard InChI is InChI=1S/C32H50N2/c1-29(2)19-25(20-30(3,4)33-29)11-9-23-13-15-28-18-24(14-16-27(28)17-23)10-12-26-21-31(5,6)34-32(7,8)22-26/h13-18,25-26,33-34H,9-12,19-22H2,1-8H3. The van der Waals surface area contributed by atoms with Crippen molar-refractivity contribution in [3.05, 3.63) is 47.5 Å². The predicted octanol–water partition coefficient (Wildman–Crippen LogP) is 7.82. The first-order chi connectivity index (χ1) is 15.7. The predicted molar refractivity (Wildman–Crippen MR) is 149 cm³/mol. The van der Waals surface area contributed by atoms with Crippen molar-refractivity contribution in [2.24, 2.45) is 11.8 Å². The van der Waals surface area contributed by atoms with E-state index in [4.69, 9.17) is 0 Å². The van der Waals surface area contributed by atoms with E-state index >= 15 is 0 Å². The molecular formula is C32H50N2. The Kier molecular flexibility index (Phi) is 6.99. The van der Waals surface area contributed by atoms with Crippen molar-refractivity contribution in [1.82, 2.24) is 10.6 Å². The minimum absolute atomic E-state index is 0.242. The van der Waals surface area contributed by atoms with Crippen molar-refractivity contribution < 1.29 is 0 Å². The molecule has 2 heterocycles. The van der Waals surface area contributed by atoms with Gasteiger partial charge >= 0.3 is 0 Å². The molecule has 2 N–H and O–H groups in total. The van der Waals surface area contributed by atoms with Crippen molar-refractivity contribution in [3.63, 3.8) is 0 Å². The lowest BCUT2D eigenvalue weighted by molar-refractivity contribution is 0.123. The summed E-state index contributed by atoms with van der Waals surface area (Å²) in [4.78, 5) is 0. The molecule has 0 amide bonds. The Labute approximate surface area is 209 Å². The third kappa shape index (κ3) is 6.85. The second-order valence-electron chi connectivity index (χ2n) is 14.4. The van der Waals surface area contributed by atoms with Crippen molar-refractivity contribution in [2.75, 3.05) is 0 Å². The van der Waals surface area contributed by atoms with Crippen LogP contribution >= 0.6 is 0 Å². The van der Waals surface area contributed by atoms with E-state index in [0.29, 0.717) is 0 Å². The molecule has 0 atom stereocenters. The first-order valence-corrected chi connectivity index (χ1v) is 13.8. The molecule has 34 heavy (non-hydrogen) atoms. The van der Waals surface area contributed by atoms with Crippen LogP contribution in [0.5, 0.6) is 0 Å². The van der Waals surface area contributed by atoms with E-state index in [-0.39, 0.29) is 22.2 Å². The molecule has 0 aliphatic carbocycles. The van der Waals surface area contributed by atoms with Crippen LogP contribution in [-0.4, -0.2) is 22.2 Å². The van der Waals surface area contributed by atoms with Crippen LogP contribution in [0.2, 0.25) is 0 Å². The Bertz CT molecular complexity index is 884. The highest BCUT2D eigenvalue weighted by Crippen LogP contribution is 2.37. The van der Waals surface area contributed by atoms with E-state index in [0.717, 1.165) is 11.8 Å². The van der Waals surface area contributed by atoms with Gasteiger partial charge in [-0.2, -0.15) is 0 Å². The highest BCUT2D eigenvalue weighted by Gasteiger charge is 2.38. The average molecular weight is 463 g/mol. The van der Waals surface area contributed by atoms with E-state index in [9.17, 15) is 0 Å². The lowest BCUT2D eigenvalue weighted by Gasteiger charge is -2.46. The van der Waals surface area contributed by atoms with E-state index in [1.54, 1.807) is 0 Å². The van der Waals surface area contributed by atoms with Crippen LogP contribution in [0.3, 0.4) is 0 Å². The maximum atomic E-state index is 3.83. The van der Waals surface area contributed by atoms with Gasteiger partial charge in [-0.1, -0.05) is 36.4 Å². The van der Waals surface area contributed by atoms with Gasteiger partial charge in [0.1, 0.15) is 0 Å². The Morgan fingerprint density at radius 2 is 0.882 bits per heavy atom. The SMILES string of the molecule is CC1(C)CC(CCc2ccc3cc(CCC4CC(C)(C)NC(C)(C)C4)ccc3c2)CC(C)(C)N1. The van der Waals surface area contributed by atoms with Crippen molar-refractivity contribution >= 4 is 10.8 Å². The molecule has 0 aromatic heterocycles. The Hall–Kier alpha value is -1.38. The van der Waals surface area contributed by atoms with E-state index < -0.39 is 0 Å². The fourth-order valence-electron chi connectivity index (χ4n) is 7.87. The van der Waals surface area contributed by atoms with Crippen LogP contribution in [0.4, 0.5) is 0 Å². The maximum absolute atomic E-state index is 3.83. The lowest BCUT2D eigenvalue weighted by Crippen LogP contribution is -2.57. The highest BCUT2D eigenvalue weighted by atomic mass is 15.1. The fourth-order valence-corrected chi connectivity index (χ4v) is 7.87. The number of piperidine rings is 2. The van der Waals surface area contributed by atoms with Crippen LogP contribution in [0.25, 0.3) is 10.8 Å². The largest absolute Gasteiger partial charge is 0.307 e. The number of benzene rings is 2. The van der Waals surface area contributed by atoms with Gasteiger partial charge in [-0.25, -0.2) is 0 Å². The first kappa shape index (κ1) is 25.7. The number of hydrogen-bond donors (Lipinski definition) is 2. The number of nitrogens with one attached hydrogen (secondary N) is 2. The van der Waals surface area contributed by atoms with Gasteiger partial charge in [0.2, 0.25) is 0 Å². The van der Waals surface area contributed by atoms with Gasteiger partial charge < -0.3 is 10.6 Å². The molecule has 2 aromatic carbocycles. The summed E-state index contributed by atoms with van der Waals surface area (Å²) in [6, 6.07) is 14.4. The molecule has 0 spiro atoms. The summed E-state index contributed by atoms with van der Waals surface area (Å²) in [5.41, 5.74) is 3.96. The summed E-state index contributed by atoms with van der Waals surface area (Å²) in [5, 5.41) is 10.4. The van der Waals surface area contributed by atoms with E-state index in [2.05, 4.69) is 102 Å². The van der Waals surface area contributed by atoms with E-state index in [1.807, 2.05) is 0 Å². The summed E-state index contributed by atoms with van der Waals surface area (Å²) < 4.78 is 0. The monoisotopic (exact) mass is 462 g/mol. The Morgan fingerprint density at radius 3 is 1.21 bits per heavy atom. The summed E-state index contributed by atoms with van der Waals surface area (Å²) in [5.74, 6) is 1.60. The third-order valence-electron chi connectivity index (χ3n) is 8.20. The molecule has 0 radical (unpaired) electrons. The number of aryl methyl sites for hydroxylation is 2. The topological polar surface area (TPSA) is 24.1 Å². The Morgan fingerprint density at radius 1 is 0.559 bits per heavy atom. The molecular weight excluding hydrogens is 412 g/mol. The number of rotatable bonds is 6. The third-order valence-corrected chi connectivity index (χ3v) is 8.20. The first-order valence-electron chi connectivity index (χ1n) is 13.8. The number of hydrogen-bond acceptors (Lipinski definition) is 2. The second-order valence-corrected chi connectivity index (χ2v) is 14.4. The lowest BCUT2D eigenvalue weighted by atomic mass is 9.74. The maximum Gasteiger partial charge on any atom is 0.0132 e. The van der Waals surface area contributed by atoms with Crippen LogP contribution in [0.15, 0.2) is 36.4 Å². The summed E-state index contributed by atoms with van der Waals surface area (Å²) >= 11 is 0. The van der Waals surface area contributed by atoms with Crippen LogP contribution < -0.4 is 10.6 Å². The van der Waals surface area contributed by atoms with Crippen LogP contribution in [0.1, 0.15) is 105 Å². The zero-order valence-electron chi connectivity index (χ0n) is 23.3. The molecule has 2 saturated heterocycles. The van der Waals surface area contributed by atoms with Crippen molar-refractivity contribution in [1.29, 1.82) is 0 Å². The van der Waals surface area contributed by atoms with Gasteiger partial charge in [0.15, 0.2) is 0 Å². The zero-order chi connectivity index (χ0) is 24.8. The molecule has 2 fully saturated rings. The van der Waals surface area contributed by atoms with Crippen molar-refractivity contribution in [2.45, 2.75) is 129 Å². The molecule has 0 bridgehead atoms. The summed E-state index contributed by atoms with van der Waals surface area (Å²) in [6.07, 6.45) is 10.1. The minimum atomic E-state index is 0.242. The molecule has 0 saturated carbocycles. The average Bonchev–Trinajstić information content (AvgIpc) is 2.66. The number of fused-ring (bicyclic) bond motifs is 1. The minimum Gasteiger partial charge on any atom is -0.307 e. The second kappa shape index (κ2) is 9.25. The van der Waals surface area contributed by atoms with E-state index in [1.165, 1.54) is 73.3 Å². The normalized spacial score (nSPS) is 24.4. The van der Waals surface area contributed by atoms with Crippen molar-refractivity contribution in [3.8, 4) is 0 Å². The molecule has 2 aliphatic rings. The highest BCUT2D eigenvalue weighted by molar-refractivity contribution is 5.83. The van der Waals surface area contributed by atoms with Gasteiger partial charge in [0, 0.05) is 22.2 Å². The molecule has 188 valence electrons. The zero-order valence-corrected chi connectivity index (χ0v) is 23.3. The molecule has 0 unspecified atom stereocenters. The van der Waals surface area contributed by atoms with Crippen LogP contribution in [0, 0.1) is 11.8 Å². The van der Waals surface area contributed by atoms with Crippen LogP contribution in [-0.2, 0) is 12.8 Å². The fraction of sp³-hybridized carbons (Fsp3) is 0.688. The van der Waals surface area contributed by atoms with Gasteiger partial charge in [0.25, 0.3) is 0 Å². The quantitative estimate of drug-likeness (QED) is 0.457. The van der Waals surface area contributed by atoms with Gasteiger partial charge in [-0.3, -0.25) is 0 Å².